The molecule has 92 valence electrons. The van der Waals surface area contributed by atoms with Gasteiger partial charge in [0.2, 0.25) is 5.89 Å². The first-order chi connectivity index (χ1) is 7.79. The molecular weight excluding hydrogens is 261 g/mol. The van der Waals surface area contributed by atoms with E-state index in [1.54, 1.807) is 0 Å². The topological polar surface area (TPSA) is 64.9 Å². The zero-order valence-electron chi connectivity index (χ0n) is 9.10. The van der Waals surface area contributed by atoms with E-state index in [-0.39, 0.29) is 12.4 Å². The summed E-state index contributed by atoms with van der Waals surface area (Å²) in [6.07, 6.45) is 1.18. The predicted octanol–water partition coefficient (Wildman–Crippen LogP) is 2.24. The Balaban J connectivity index is 0.00000144. The third kappa shape index (κ3) is 3.70. The van der Waals surface area contributed by atoms with E-state index in [0.717, 1.165) is 5.56 Å². The lowest BCUT2D eigenvalue weighted by Crippen LogP contribution is -2.02. The molecule has 2 N–H and O–H groups in total. The molecular formula is C11H13Cl2N3O. The van der Waals surface area contributed by atoms with Gasteiger partial charge in [0.25, 0.3) is 0 Å². The highest BCUT2D eigenvalue weighted by atomic mass is 35.5. The third-order valence-corrected chi connectivity index (χ3v) is 2.54. The van der Waals surface area contributed by atoms with Crippen LogP contribution >= 0.6 is 24.0 Å². The first kappa shape index (κ1) is 14.0. The van der Waals surface area contributed by atoms with Crippen LogP contribution in [0.4, 0.5) is 0 Å². The second-order valence-corrected chi connectivity index (χ2v) is 3.82. The maximum atomic E-state index is 6.04. The first-order valence-corrected chi connectivity index (χ1v) is 5.42. The Morgan fingerprint density at radius 3 is 2.76 bits per heavy atom. The smallest absolute Gasteiger partial charge is 0.227 e. The van der Waals surface area contributed by atoms with E-state index in [4.69, 9.17) is 21.9 Å². The van der Waals surface area contributed by atoms with Gasteiger partial charge in [-0.2, -0.15) is 4.98 Å². The molecule has 6 heteroatoms. The van der Waals surface area contributed by atoms with E-state index in [1.165, 1.54) is 0 Å². The van der Waals surface area contributed by atoms with E-state index < -0.39 is 0 Å². The van der Waals surface area contributed by atoms with E-state index >= 15 is 0 Å². The van der Waals surface area contributed by atoms with Crippen molar-refractivity contribution in [3.63, 3.8) is 0 Å². The highest BCUT2D eigenvalue weighted by Gasteiger charge is 2.08. The predicted molar refractivity (Wildman–Crippen MR) is 68.6 cm³/mol. The van der Waals surface area contributed by atoms with Gasteiger partial charge in [0.15, 0.2) is 5.82 Å². The van der Waals surface area contributed by atoms with Gasteiger partial charge in [-0.15, -0.1) is 12.4 Å². The minimum Gasteiger partial charge on any atom is -0.339 e. The molecule has 0 atom stereocenters. The van der Waals surface area contributed by atoms with E-state index in [2.05, 4.69) is 10.1 Å². The number of rotatable bonds is 4. The Hall–Kier alpha value is -1.10. The van der Waals surface area contributed by atoms with Crippen LogP contribution in [0.1, 0.15) is 17.3 Å². The molecule has 0 aliphatic rings. The van der Waals surface area contributed by atoms with Gasteiger partial charge in [0, 0.05) is 24.4 Å². The van der Waals surface area contributed by atoms with Crippen molar-refractivity contribution in [2.75, 3.05) is 6.54 Å². The van der Waals surface area contributed by atoms with E-state index in [1.807, 2.05) is 24.3 Å². The molecule has 2 rings (SSSR count). The van der Waals surface area contributed by atoms with Crippen LogP contribution in [-0.2, 0) is 12.8 Å². The molecule has 4 nitrogen and oxygen atoms in total. The van der Waals surface area contributed by atoms with Crippen LogP contribution < -0.4 is 5.73 Å². The van der Waals surface area contributed by atoms with Crippen molar-refractivity contribution in [2.45, 2.75) is 12.8 Å². The average Bonchev–Trinajstić information content (AvgIpc) is 2.70. The van der Waals surface area contributed by atoms with Gasteiger partial charge in [-0.3, -0.25) is 0 Å². The quantitative estimate of drug-likeness (QED) is 0.928. The molecule has 0 fully saturated rings. The largest absolute Gasteiger partial charge is 0.339 e. The van der Waals surface area contributed by atoms with Crippen molar-refractivity contribution in [1.29, 1.82) is 0 Å². The molecule has 1 aromatic heterocycles. The maximum absolute atomic E-state index is 6.04. The standard InChI is InChI=1S/C11H12ClN3O.ClH/c12-9-4-2-1-3-8(9)7-10-14-11(5-6-13)16-15-10;/h1-4H,5-7,13H2;1H. The summed E-state index contributed by atoms with van der Waals surface area (Å²) < 4.78 is 5.03. The number of hydrogen-bond acceptors (Lipinski definition) is 4. The Labute approximate surface area is 111 Å². The van der Waals surface area contributed by atoms with Crippen molar-refractivity contribution in [2.24, 2.45) is 5.73 Å². The monoisotopic (exact) mass is 273 g/mol. The molecule has 2 aromatic rings. The SMILES string of the molecule is Cl.NCCc1nc(Cc2ccccc2Cl)no1. The summed E-state index contributed by atoms with van der Waals surface area (Å²) >= 11 is 6.04. The van der Waals surface area contributed by atoms with Crippen molar-refractivity contribution >= 4 is 24.0 Å². The highest BCUT2D eigenvalue weighted by Crippen LogP contribution is 2.17. The third-order valence-electron chi connectivity index (χ3n) is 2.17. The second kappa shape index (κ2) is 6.59. The summed E-state index contributed by atoms with van der Waals surface area (Å²) in [6, 6.07) is 7.61. The molecule has 17 heavy (non-hydrogen) atoms. The summed E-state index contributed by atoms with van der Waals surface area (Å²) in [5.74, 6) is 1.21. The molecule has 1 heterocycles. The highest BCUT2D eigenvalue weighted by molar-refractivity contribution is 6.31. The number of aromatic nitrogens is 2. The Bertz CT molecular complexity index is 473. The van der Waals surface area contributed by atoms with Gasteiger partial charge in [-0.25, -0.2) is 0 Å². The summed E-state index contributed by atoms with van der Waals surface area (Å²) in [5, 5.41) is 4.59. The van der Waals surface area contributed by atoms with Crippen LogP contribution in [0.3, 0.4) is 0 Å². The molecule has 0 aliphatic carbocycles. The minimum absolute atomic E-state index is 0. The lowest BCUT2D eigenvalue weighted by atomic mass is 10.1. The van der Waals surface area contributed by atoms with Crippen LogP contribution in [-0.4, -0.2) is 16.7 Å². The molecule has 0 saturated carbocycles. The van der Waals surface area contributed by atoms with Gasteiger partial charge in [0.05, 0.1) is 0 Å². The molecule has 0 radical (unpaired) electrons. The molecule has 0 spiro atoms. The van der Waals surface area contributed by atoms with E-state index in [9.17, 15) is 0 Å². The number of hydrogen-bond donors (Lipinski definition) is 1. The fourth-order valence-electron chi connectivity index (χ4n) is 1.40. The van der Waals surface area contributed by atoms with Crippen LogP contribution in [0, 0.1) is 0 Å². The molecule has 0 amide bonds. The van der Waals surface area contributed by atoms with Gasteiger partial charge in [0.1, 0.15) is 0 Å². The van der Waals surface area contributed by atoms with Crippen LogP contribution in [0.25, 0.3) is 0 Å². The van der Waals surface area contributed by atoms with Gasteiger partial charge >= 0.3 is 0 Å². The second-order valence-electron chi connectivity index (χ2n) is 3.41. The van der Waals surface area contributed by atoms with Crippen LogP contribution in [0.2, 0.25) is 5.02 Å². The maximum Gasteiger partial charge on any atom is 0.227 e. The average molecular weight is 274 g/mol. The van der Waals surface area contributed by atoms with Crippen molar-refractivity contribution < 1.29 is 4.52 Å². The Morgan fingerprint density at radius 1 is 1.29 bits per heavy atom. The molecule has 0 aliphatic heterocycles. The first-order valence-electron chi connectivity index (χ1n) is 5.04. The van der Waals surface area contributed by atoms with Crippen molar-refractivity contribution in [3.8, 4) is 0 Å². The Kier molecular flexibility index (Phi) is 5.41. The van der Waals surface area contributed by atoms with Gasteiger partial charge < -0.3 is 10.3 Å². The zero-order chi connectivity index (χ0) is 11.4. The number of nitrogens with zero attached hydrogens (tertiary/aromatic N) is 2. The Morgan fingerprint density at radius 2 is 2.06 bits per heavy atom. The number of halogens is 2. The summed E-state index contributed by atoms with van der Waals surface area (Å²) in [4.78, 5) is 4.22. The van der Waals surface area contributed by atoms with Gasteiger partial charge in [-0.05, 0) is 11.6 Å². The normalized spacial score (nSPS) is 10.0. The van der Waals surface area contributed by atoms with Crippen molar-refractivity contribution in [3.05, 3.63) is 46.6 Å². The number of benzene rings is 1. The lowest BCUT2D eigenvalue weighted by molar-refractivity contribution is 0.375. The lowest BCUT2D eigenvalue weighted by Gasteiger charge is -1.98. The van der Waals surface area contributed by atoms with Gasteiger partial charge in [-0.1, -0.05) is 35.0 Å². The van der Waals surface area contributed by atoms with Crippen LogP contribution in [0.5, 0.6) is 0 Å². The van der Waals surface area contributed by atoms with Crippen LogP contribution in [0.15, 0.2) is 28.8 Å². The summed E-state index contributed by atoms with van der Waals surface area (Å²) in [6.45, 7) is 0.508. The molecule has 1 aromatic carbocycles. The summed E-state index contributed by atoms with van der Waals surface area (Å²) in [7, 11) is 0. The fraction of sp³-hybridized carbons (Fsp3) is 0.273. The molecule has 0 bridgehead atoms. The number of nitrogens with two attached hydrogens (primary N) is 1. The van der Waals surface area contributed by atoms with Crippen molar-refractivity contribution in [1.82, 2.24) is 10.1 Å². The zero-order valence-corrected chi connectivity index (χ0v) is 10.7. The fourth-order valence-corrected chi connectivity index (χ4v) is 1.60. The van der Waals surface area contributed by atoms with E-state index in [0.29, 0.717) is 36.1 Å². The molecule has 0 unspecified atom stereocenters. The molecule has 0 saturated heterocycles. The minimum atomic E-state index is 0. The summed E-state index contributed by atoms with van der Waals surface area (Å²) in [5.41, 5.74) is 6.39.